The highest BCUT2D eigenvalue weighted by Crippen LogP contribution is 2.23. The fourth-order valence-corrected chi connectivity index (χ4v) is 2.40. The van der Waals surface area contributed by atoms with Gasteiger partial charge in [-0.3, -0.25) is 14.3 Å². The predicted octanol–water partition coefficient (Wildman–Crippen LogP) is 3.56. The van der Waals surface area contributed by atoms with Gasteiger partial charge in [0.1, 0.15) is 5.15 Å². The first-order valence-electron chi connectivity index (χ1n) is 6.68. The third-order valence-corrected chi connectivity index (χ3v) is 3.74. The molecule has 0 fully saturated rings. The van der Waals surface area contributed by atoms with Gasteiger partial charge in [0.15, 0.2) is 0 Å². The fourth-order valence-electron chi connectivity index (χ4n) is 2.00. The molecule has 0 amide bonds. The van der Waals surface area contributed by atoms with Crippen LogP contribution in [0.2, 0.25) is 10.2 Å². The van der Waals surface area contributed by atoms with E-state index in [2.05, 4.69) is 4.98 Å². The highest BCUT2D eigenvalue weighted by Gasteiger charge is 2.14. The minimum atomic E-state index is -0.483. The van der Waals surface area contributed by atoms with Gasteiger partial charge in [0.25, 0.3) is 5.56 Å². The number of aromatic amines is 1. The lowest BCUT2D eigenvalue weighted by Crippen LogP contribution is -2.36. The summed E-state index contributed by atoms with van der Waals surface area (Å²) in [4.78, 5) is 27.0. The number of aromatic nitrogens is 2. The largest absolute Gasteiger partial charge is 0.329 e. The van der Waals surface area contributed by atoms with Gasteiger partial charge in [-0.25, -0.2) is 4.79 Å². The molecule has 1 aromatic heterocycles. The number of rotatable bonds is 4. The number of hydrogen-bond acceptors (Lipinski definition) is 2. The topological polar surface area (TPSA) is 54.9 Å². The Morgan fingerprint density at radius 3 is 2.33 bits per heavy atom. The summed E-state index contributed by atoms with van der Waals surface area (Å²) in [5.74, 6) is 0.394. The maximum Gasteiger partial charge on any atom is 0.329 e. The van der Waals surface area contributed by atoms with Gasteiger partial charge in [-0.2, -0.15) is 0 Å². The van der Waals surface area contributed by atoms with E-state index in [0.717, 1.165) is 6.42 Å². The van der Waals surface area contributed by atoms with Crippen molar-refractivity contribution in [2.24, 2.45) is 5.92 Å². The van der Waals surface area contributed by atoms with Crippen LogP contribution in [0.15, 0.2) is 33.9 Å². The molecule has 1 N–H and O–H groups in total. The third-order valence-electron chi connectivity index (χ3n) is 3.20. The summed E-state index contributed by atoms with van der Waals surface area (Å²) in [6, 6.07) is 6.76. The van der Waals surface area contributed by atoms with Crippen molar-refractivity contribution in [2.45, 2.75) is 26.8 Å². The van der Waals surface area contributed by atoms with E-state index >= 15 is 0 Å². The van der Waals surface area contributed by atoms with E-state index in [1.807, 2.05) is 13.8 Å². The molecule has 6 heteroatoms. The molecule has 0 bridgehead atoms. The van der Waals surface area contributed by atoms with Gasteiger partial charge >= 0.3 is 5.69 Å². The lowest BCUT2D eigenvalue weighted by atomic mass is 10.1. The maximum absolute atomic E-state index is 12.5. The summed E-state index contributed by atoms with van der Waals surface area (Å²) < 4.78 is 1.19. The molecule has 0 saturated carbocycles. The quantitative estimate of drug-likeness (QED) is 0.873. The van der Waals surface area contributed by atoms with Crippen LogP contribution in [0.4, 0.5) is 0 Å². The van der Waals surface area contributed by atoms with Crippen LogP contribution >= 0.6 is 23.2 Å². The Hall–Kier alpha value is -1.52. The normalized spacial score (nSPS) is 11.1. The predicted molar refractivity (Wildman–Crippen MR) is 86.2 cm³/mol. The van der Waals surface area contributed by atoms with Crippen LogP contribution in [0.5, 0.6) is 0 Å². The molecular weight excluding hydrogens is 311 g/mol. The van der Waals surface area contributed by atoms with Crippen molar-refractivity contribution in [3.05, 3.63) is 55.3 Å². The maximum atomic E-state index is 12.5. The minimum absolute atomic E-state index is 0.0492. The Morgan fingerprint density at radius 1 is 1.14 bits per heavy atom. The fraction of sp³-hybridized carbons (Fsp3) is 0.333. The van der Waals surface area contributed by atoms with Gasteiger partial charge in [0, 0.05) is 11.6 Å². The second kappa shape index (κ2) is 6.50. The van der Waals surface area contributed by atoms with Crippen LogP contribution in [-0.2, 0) is 6.54 Å². The zero-order valence-corrected chi connectivity index (χ0v) is 13.3. The molecule has 2 aromatic rings. The molecule has 0 aliphatic heterocycles. The van der Waals surface area contributed by atoms with Crippen molar-refractivity contribution < 1.29 is 0 Å². The van der Waals surface area contributed by atoms with Crippen molar-refractivity contribution in [2.75, 3.05) is 0 Å². The lowest BCUT2D eigenvalue weighted by molar-refractivity contribution is 0.495. The monoisotopic (exact) mass is 326 g/mol. The van der Waals surface area contributed by atoms with Crippen molar-refractivity contribution in [3.63, 3.8) is 0 Å². The second-order valence-corrected chi connectivity index (χ2v) is 6.08. The average molecular weight is 327 g/mol. The van der Waals surface area contributed by atoms with E-state index in [9.17, 15) is 9.59 Å². The minimum Gasteiger partial charge on any atom is -0.297 e. The summed E-state index contributed by atoms with van der Waals surface area (Å²) in [5, 5.41) is 0.618. The van der Waals surface area contributed by atoms with Gasteiger partial charge in [-0.05, 0) is 30.0 Å². The number of nitrogens with one attached hydrogen (secondary N) is 1. The Labute approximate surface area is 132 Å². The van der Waals surface area contributed by atoms with Crippen LogP contribution in [0.3, 0.4) is 0 Å². The Kier molecular flexibility index (Phi) is 4.91. The highest BCUT2D eigenvalue weighted by molar-refractivity contribution is 6.32. The van der Waals surface area contributed by atoms with Crippen molar-refractivity contribution in [1.29, 1.82) is 0 Å². The zero-order chi connectivity index (χ0) is 15.6. The standard InChI is InChI=1S/C15H16Cl2N2O2/c1-9(2)7-8-19-14(20)12(13(17)18-15(19)21)10-3-5-11(16)6-4-10/h3-6,9H,7-8H2,1-2H3,(H,18,21). The first kappa shape index (κ1) is 15.9. The zero-order valence-electron chi connectivity index (χ0n) is 11.8. The van der Waals surface area contributed by atoms with E-state index in [4.69, 9.17) is 23.2 Å². The van der Waals surface area contributed by atoms with Crippen molar-refractivity contribution in [3.8, 4) is 11.1 Å². The third kappa shape index (κ3) is 3.57. The van der Waals surface area contributed by atoms with E-state index < -0.39 is 5.69 Å². The highest BCUT2D eigenvalue weighted by atomic mass is 35.5. The summed E-state index contributed by atoms with van der Waals surface area (Å²) in [6.45, 7) is 4.44. The van der Waals surface area contributed by atoms with Crippen LogP contribution < -0.4 is 11.2 Å². The second-order valence-electron chi connectivity index (χ2n) is 5.27. The van der Waals surface area contributed by atoms with Crippen LogP contribution in [0, 0.1) is 5.92 Å². The van der Waals surface area contributed by atoms with Gasteiger partial charge in [0.2, 0.25) is 0 Å². The van der Waals surface area contributed by atoms with Crippen LogP contribution in [-0.4, -0.2) is 9.55 Å². The first-order valence-corrected chi connectivity index (χ1v) is 7.44. The molecule has 112 valence electrons. The molecule has 4 nitrogen and oxygen atoms in total. The lowest BCUT2D eigenvalue weighted by Gasteiger charge is -2.10. The molecule has 0 aliphatic rings. The molecule has 0 saturated heterocycles. The number of benzene rings is 1. The van der Waals surface area contributed by atoms with Gasteiger partial charge in [-0.15, -0.1) is 0 Å². The molecule has 21 heavy (non-hydrogen) atoms. The van der Waals surface area contributed by atoms with Gasteiger partial charge in [0.05, 0.1) is 5.56 Å². The molecule has 0 aliphatic carbocycles. The summed E-state index contributed by atoms with van der Waals surface area (Å²) in [7, 11) is 0. The number of halogens is 2. The average Bonchev–Trinajstić information content (AvgIpc) is 2.40. The Morgan fingerprint density at radius 2 is 1.76 bits per heavy atom. The molecule has 2 rings (SSSR count). The van der Waals surface area contributed by atoms with Gasteiger partial charge < -0.3 is 0 Å². The molecule has 1 aromatic carbocycles. The smallest absolute Gasteiger partial charge is 0.297 e. The van der Waals surface area contributed by atoms with Crippen LogP contribution in [0.1, 0.15) is 20.3 Å². The number of nitrogens with zero attached hydrogens (tertiary/aromatic N) is 1. The summed E-state index contributed by atoms with van der Waals surface area (Å²) in [6.07, 6.45) is 0.741. The molecular formula is C15H16Cl2N2O2. The van der Waals surface area contributed by atoms with E-state index in [1.54, 1.807) is 24.3 Å². The summed E-state index contributed by atoms with van der Waals surface area (Å²) >= 11 is 11.9. The Balaban J connectivity index is 2.56. The number of hydrogen-bond donors (Lipinski definition) is 1. The Bertz CT molecular complexity index is 746. The SMILES string of the molecule is CC(C)CCn1c(=O)[nH]c(Cl)c(-c2ccc(Cl)cc2)c1=O. The molecule has 0 atom stereocenters. The molecule has 0 unspecified atom stereocenters. The number of H-pyrrole nitrogens is 1. The van der Waals surface area contributed by atoms with E-state index in [0.29, 0.717) is 23.0 Å². The first-order chi connectivity index (χ1) is 9.90. The van der Waals surface area contributed by atoms with E-state index in [1.165, 1.54) is 4.57 Å². The molecule has 0 spiro atoms. The van der Waals surface area contributed by atoms with Crippen molar-refractivity contribution >= 4 is 23.2 Å². The van der Waals surface area contributed by atoms with Crippen molar-refractivity contribution in [1.82, 2.24) is 9.55 Å². The van der Waals surface area contributed by atoms with Crippen LogP contribution in [0.25, 0.3) is 11.1 Å². The molecule has 0 radical (unpaired) electrons. The summed E-state index contributed by atoms with van der Waals surface area (Å²) in [5.41, 5.74) is 0.0516. The van der Waals surface area contributed by atoms with Gasteiger partial charge in [-0.1, -0.05) is 49.2 Å². The van der Waals surface area contributed by atoms with E-state index in [-0.39, 0.29) is 16.3 Å². The molecule has 1 heterocycles.